The fourth-order valence-electron chi connectivity index (χ4n) is 2.49. The van der Waals surface area contributed by atoms with Gasteiger partial charge in [0.15, 0.2) is 0 Å². The van der Waals surface area contributed by atoms with Crippen molar-refractivity contribution in [3.05, 3.63) is 30.1 Å². The molecule has 4 nitrogen and oxygen atoms in total. The minimum atomic E-state index is 0.776. The predicted octanol–water partition coefficient (Wildman–Crippen LogP) is 2.48. The van der Waals surface area contributed by atoms with Crippen molar-refractivity contribution in [3.63, 3.8) is 0 Å². The highest BCUT2D eigenvalue weighted by molar-refractivity contribution is 5.72. The molecule has 2 N–H and O–H groups in total. The lowest BCUT2D eigenvalue weighted by atomic mass is 10.1. The maximum absolute atomic E-state index is 6.21. The van der Waals surface area contributed by atoms with Crippen molar-refractivity contribution in [2.45, 2.75) is 25.8 Å². The molecule has 1 aliphatic rings. The molecule has 0 fully saturated rings. The number of nitrogens with zero attached hydrogens (tertiary/aromatic N) is 2. The van der Waals surface area contributed by atoms with Crippen LogP contribution in [0.15, 0.2) is 24.3 Å². The molecule has 2 aromatic rings. The highest BCUT2D eigenvalue weighted by Gasteiger charge is 2.18. The summed E-state index contributed by atoms with van der Waals surface area (Å²) < 4.78 is 7.38. The Morgan fingerprint density at radius 3 is 3.00 bits per heavy atom. The Balaban J connectivity index is 2.08. The molecular weight excluding hydrogens is 226 g/mol. The fourth-order valence-corrected chi connectivity index (χ4v) is 2.49. The molecule has 0 aliphatic carbocycles. The molecule has 0 radical (unpaired) electrons. The Bertz CT molecular complexity index is 574. The molecule has 1 aromatic carbocycles. The standard InChI is InChI=1S/C14H17N3O/c1-18-11-6-4-5-10(9-11)13-14(15)17-8-3-2-7-12(17)16-13/h4-6,9H,2-3,7-8,15H2,1H3. The summed E-state index contributed by atoms with van der Waals surface area (Å²) in [4.78, 5) is 4.68. The molecule has 0 saturated heterocycles. The van der Waals surface area contributed by atoms with Crippen LogP contribution in [-0.4, -0.2) is 16.7 Å². The molecular formula is C14H17N3O. The van der Waals surface area contributed by atoms with Crippen molar-refractivity contribution >= 4 is 5.82 Å². The molecule has 94 valence electrons. The van der Waals surface area contributed by atoms with Crippen LogP contribution in [0.2, 0.25) is 0 Å². The van der Waals surface area contributed by atoms with Gasteiger partial charge in [-0.15, -0.1) is 0 Å². The molecule has 0 spiro atoms. The van der Waals surface area contributed by atoms with E-state index in [-0.39, 0.29) is 0 Å². The summed E-state index contributed by atoms with van der Waals surface area (Å²) in [6.07, 6.45) is 3.41. The maximum Gasteiger partial charge on any atom is 0.131 e. The average molecular weight is 243 g/mol. The molecule has 0 saturated carbocycles. The normalized spacial score (nSPS) is 14.3. The van der Waals surface area contributed by atoms with Gasteiger partial charge in [-0.1, -0.05) is 12.1 Å². The number of fused-ring (bicyclic) bond motifs is 1. The highest BCUT2D eigenvalue weighted by Crippen LogP contribution is 2.31. The van der Waals surface area contributed by atoms with Gasteiger partial charge in [-0.3, -0.25) is 0 Å². The first-order chi connectivity index (χ1) is 8.79. The Morgan fingerprint density at radius 1 is 1.33 bits per heavy atom. The Hall–Kier alpha value is -1.97. The van der Waals surface area contributed by atoms with Crippen LogP contribution in [0, 0.1) is 0 Å². The van der Waals surface area contributed by atoms with Gasteiger partial charge in [0.05, 0.1) is 7.11 Å². The van der Waals surface area contributed by atoms with Gasteiger partial charge in [0.25, 0.3) is 0 Å². The van der Waals surface area contributed by atoms with Crippen LogP contribution in [0.3, 0.4) is 0 Å². The first-order valence-electron chi connectivity index (χ1n) is 6.29. The lowest BCUT2D eigenvalue weighted by Gasteiger charge is -2.14. The molecule has 2 heterocycles. The Kier molecular flexibility index (Phi) is 2.70. The molecule has 1 aromatic heterocycles. The van der Waals surface area contributed by atoms with Crippen molar-refractivity contribution in [1.82, 2.24) is 9.55 Å². The zero-order valence-electron chi connectivity index (χ0n) is 10.5. The number of aromatic nitrogens is 2. The number of aryl methyl sites for hydroxylation is 1. The number of rotatable bonds is 2. The van der Waals surface area contributed by atoms with Crippen molar-refractivity contribution in [1.29, 1.82) is 0 Å². The van der Waals surface area contributed by atoms with Gasteiger partial charge in [-0.2, -0.15) is 0 Å². The number of anilines is 1. The summed E-state index contributed by atoms with van der Waals surface area (Å²) in [5.74, 6) is 2.72. The largest absolute Gasteiger partial charge is 0.497 e. The third kappa shape index (κ3) is 1.74. The minimum absolute atomic E-state index is 0.776. The van der Waals surface area contributed by atoms with Gasteiger partial charge >= 0.3 is 0 Å². The van der Waals surface area contributed by atoms with Gasteiger partial charge in [-0.05, 0) is 25.0 Å². The summed E-state index contributed by atoms with van der Waals surface area (Å²) in [7, 11) is 1.67. The number of nitrogens with two attached hydrogens (primary N) is 1. The summed E-state index contributed by atoms with van der Waals surface area (Å²) >= 11 is 0. The summed E-state index contributed by atoms with van der Waals surface area (Å²) in [6, 6.07) is 7.89. The number of ether oxygens (including phenoxy) is 1. The molecule has 3 rings (SSSR count). The second-order valence-electron chi connectivity index (χ2n) is 4.60. The number of benzene rings is 1. The third-order valence-electron chi connectivity index (χ3n) is 3.46. The van der Waals surface area contributed by atoms with Gasteiger partial charge in [-0.25, -0.2) is 4.98 Å². The van der Waals surface area contributed by atoms with Crippen LogP contribution in [0.25, 0.3) is 11.3 Å². The smallest absolute Gasteiger partial charge is 0.131 e. The number of hydrogen-bond acceptors (Lipinski definition) is 3. The zero-order chi connectivity index (χ0) is 12.5. The fraction of sp³-hybridized carbons (Fsp3) is 0.357. The van der Waals surface area contributed by atoms with Gasteiger partial charge < -0.3 is 15.0 Å². The van der Waals surface area contributed by atoms with Crippen LogP contribution < -0.4 is 10.5 Å². The van der Waals surface area contributed by atoms with Gasteiger partial charge in [0.2, 0.25) is 0 Å². The molecule has 1 aliphatic heterocycles. The van der Waals surface area contributed by atoms with E-state index in [0.717, 1.165) is 41.6 Å². The van der Waals surface area contributed by atoms with E-state index < -0.39 is 0 Å². The zero-order valence-corrected chi connectivity index (χ0v) is 10.5. The van der Waals surface area contributed by atoms with E-state index in [4.69, 9.17) is 10.5 Å². The first kappa shape index (κ1) is 11.1. The summed E-state index contributed by atoms with van der Waals surface area (Å²) in [5, 5.41) is 0. The van der Waals surface area contributed by atoms with Crippen LogP contribution >= 0.6 is 0 Å². The van der Waals surface area contributed by atoms with Crippen LogP contribution in [0.4, 0.5) is 5.82 Å². The average Bonchev–Trinajstić information content (AvgIpc) is 2.77. The molecule has 0 amide bonds. The lowest BCUT2D eigenvalue weighted by Crippen LogP contribution is -2.12. The van der Waals surface area contributed by atoms with Crippen molar-refractivity contribution in [2.24, 2.45) is 0 Å². The van der Waals surface area contributed by atoms with Crippen LogP contribution in [0.5, 0.6) is 5.75 Å². The van der Waals surface area contributed by atoms with E-state index in [9.17, 15) is 0 Å². The quantitative estimate of drug-likeness (QED) is 0.881. The van der Waals surface area contributed by atoms with E-state index >= 15 is 0 Å². The maximum atomic E-state index is 6.21. The number of hydrogen-bond donors (Lipinski definition) is 1. The van der Waals surface area contributed by atoms with E-state index in [1.54, 1.807) is 7.11 Å². The van der Waals surface area contributed by atoms with E-state index in [2.05, 4.69) is 9.55 Å². The minimum Gasteiger partial charge on any atom is -0.497 e. The summed E-state index contributed by atoms with van der Waals surface area (Å²) in [5.41, 5.74) is 8.11. The van der Waals surface area contributed by atoms with E-state index in [1.807, 2.05) is 24.3 Å². The number of methoxy groups -OCH3 is 1. The lowest BCUT2D eigenvalue weighted by molar-refractivity contribution is 0.415. The Morgan fingerprint density at radius 2 is 2.22 bits per heavy atom. The second kappa shape index (κ2) is 4.37. The number of nitrogen functional groups attached to an aromatic ring is 1. The van der Waals surface area contributed by atoms with Crippen LogP contribution in [-0.2, 0) is 13.0 Å². The highest BCUT2D eigenvalue weighted by atomic mass is 16.5. The Labute approximate surface area is 106 Å². The molecule has 0 bridgehead atoms. The monoisotopic (exact) mass is 243 g/mol. The first-order valence-corrected chi connectivity index (χ1v) is 6.29. The number of imidazole rings is 1. The molecule has 0 unspecified atom stereocenters. The van der Waals surface area contributed by atoms with Crippen LogP contribution in [0.1, 0.15) is 18.7 Å². The van der Waals surface area contributed by atoms with E-state index in [0.29, 0.717) is 0 Å². The van der Waals surface area contributed by atoms with Gasteiger partial charge in [0, 0.05) is 18.5 Å². The van der Waals surface area contributed by atoms with E-state index in [1.165, 1.54) is 12.8 Å². The van der Waals surface area contributed by atoms with Crippen molar-refractivity contribution < 1.29 is 4.74 Å². The molecule has 0 atom stereocenters. The second-order valence-corrected chi connectivity index (χ2v) is 4.60. The summed E-state index contributed by atoms with van der Waals surface area (Å²) in [6.45, 7) is 0.984. The SMILES string of the molecule is COc1cccc(-c2nc3n(c2N)CCCC3)c1. The van der Waals surface area contributed by atoms with Crippen molar-refractivity contribution in [2.75, 3.05) is 12.8 Å². The predicted molar refractivity (Wildman–Crippen MR) is 71.6 cm³/mol. The molecule has 4 heteroatoms. The van der Waals surface area contributed by atoms with Crippen molar-refractivity contribution in [3.8, 4) is 17.0 Å². The molecule has 18 heavy (non-hydrogen) atoms. The topological polar surface area (TPSA) is 53.1 Å². The third-order valence-corrected chi connectivity index (χ3v) is 3.46. The van der Waals surface area contributed by atoms with Gasteiger partial charge in [0.1, 0.15) is 23.1 Å².